The Morgan fingerprint density at radius 2 is 1.69 bits per heavy atom. The number of benzene rings is 3. The number of hydrogen-bond acceptors (Lipinski definition) is 3. The standard InChI is InChI=1S/C28H22F3NO3/c1-34-27-14-8-20(17-22(27)19-35-25-6-4-5-23(18-25)28(29,30)31)7-13-26(33)21-9-11-24(12-10-21)32-15-2-3-16-32/h2-18H,19H2,1H3/b13-7+. The van der Waals surface area contributed by atoms with Gasteiger partial charge in [-0.05, 0) is 78.4 Å². The molecule has 0 saturated heterocycles. The van der Waals surface area contributed by atoms with E-state index in [9.17, 15) is 18.0 Å². The molecule has 0 aliphatic heterocycles. The van der Waals surface area contributed by atoms with Crippen LogP contribution in [0.4, 0.5) is 13.2 Å². The van der Waals surface area contributed by atoms with Crippen LogP contribution in [0, 0.1) is 0 Å². The molecule has 0 N–H and O–H groups in total. The van der Waals surface area contributed by atoms with E-state index in [-0.39, 0.29) is 18.1 Å². The Bertz CT molecular complexity index is 1320. The molecule has 3 aromatic carbocycles. The summed E-state index contributed by atoms with van der Waals surface area (Å²) in [6, 6.07) is 21.1. The number of halogens is 3. The van der Waals surface area contributed by atoms with Gasteiger partial charge >= 0.3 is 6.18 Å². The van der Waals surface area contributed by atoms with Crippen molar-refractivity contribution < 1.29 is 27.4 Å². The maximum absolute atomic E-state index is 12.9. The van der Waals surface area contributed by atoms with Gasteiger partial charge < -0.3 is 14.0 Å². The molecular weight excluding hydrogens is 455 g/mol. The van der Waals surface area contributed by atoms with E-state index in [0.717, 1.165) is 23.4 Å². The first-order chi connectivity index (χ1) is 16.8. The summed E-state index contributed by atoms with van der Waals surface area (Å²) in [6.45, 7) is 0.000957. The molecule has 0 saturated carbocycles. The van der Waals surface area contributed by atoms with Gasteiger partial charge in [-0.1, -0.05) is 18.2 Å². The van der Waals surface area contributed by atoms with Crippen LogP contribution in [0.25, 0.3) is 11.8 Å². The van der Waals surface area contributed by atoms with Crippen LogP contribution in [0.15, 0.2) is 97.3 Å². The molecule has 35 heavy (non-hydrogen) atoms. The Kier molecular flexibility index (Phi) is 7.06. The molecule has 4 nitrogen and oxygen atoms in total. The molecule has 0 radical (unpaired) electrons. The Morgan fingerprint density at radius 3 is 2.37 bits per heavy atom. The number of nitrogens with zero attached hydrogens (tertiary/aromatic N) is 1. The van der Waals surface area contributed by atoms with Gasteiger partial charge in [0, 0.05) is 29.2 Å². The molecule has 0 amide bonds. The van der Waals surface area contributed by atoms with Gasteiger partial charge in [-0.25, -0.2) is 0 Å². The maximum Gasteiger partial charge on any atom is 0.416 e. The zero-order chi connectivity index (χ0) is 24.8. The number of ketones is 1. The lowest BCUT2D eigenvalue weighted by Crippen LogP contribution is -2.05. The average Bonchev–Trinajstić information content (AvgIpc) is 3.41. The van der Waals surface area contributed by atoms with Crippen molar-refractivity contribution in [2.45, 2.75) is 12.8 Å². The molecule has 0 spiro atoms. The minimum absolute atomic E-state index is 0.000957. The third-order valence-corrected chi connectivity index (χ3v) is 5.34. The van der Waals surface area contributed by atoms with Gasteiger partial charge in [-0.15, -0.1) is 0 Å². The molecule has 7 heteroatoms. The fourth-order valence-electron chi connectivity index (χ4n) is 3.51. The summed E-state index contributed by atoms with van der Waals surface area (Å²) < 4.78 is 51.7. The van der Waals surface area contributed by atoms with Crippen LogP contribution in [0.1, 0.15) is 27.0 Å². The van der Waals surface area contributed by atoms with Crippen LogP contribution in [-0.2, 0) is 12.8 Å². The van der Waals surface area contributed by atoms with Crippen LogP contribution in [-0.4, -0.2) is 17.5 Å². The summed E-state index contributed by atoms with van der Waals surface area (Å²) in [6.07, 6.45) is 2.56. The molecule has 4 aromatic rings. The van der Waals surface area contributed by atoms with E-state index in [2.05, 4.69) is 0 Å². The van der Waals surface area contributed by atoms with Crippen LogP contribution >= 0.6 is 0 Å². The van der Waals surface area contributed by atoms with Crippen LogP contribution in [0.2, 0.25) is 0 Å². The maximum atomic E-state index is 12.9. The lowest BCUT2D eigenvalue weighted by Gasteiger charge is -2.13. The van der Waals surface area contributed by atoms with Crippen molar-refractivity contribution in [3.8, 4) is 17.2 Å². The number of methoxy groups -OCH3 is 1. The van der Waals surface area contributed by atoms with Gasteiger partial charge in [0.15, 0.2) is 5.78 Å². The first kappa shape index (κ1) is 23.9. The summed E-state index contributed by atoms with van der Waals surface area (Å²) in [5, 5.41) is 0. The number of rotatable bonds is 8. The summed E-state index contributed by atoms with van der Waals surface area (Å²) in [5.41, 5.74) is 2.09. The highest BCUT2D eigenvalue weighted by Crippen LogP contribution is 2.32. The quantitative estimate of drug-likeness (QED) is 0.203. The average molecular weight is 477 g/mol. The Hall–Kier alpha value is -4.26. The van der Waals surface area contributed by atoms with Crippen molar-refractivity contribution in [1.29, 1.82) is 0 Å². The van der Waals surface area contributed by atoms with Crippen molar-refractivity contribution in [3.63, 3.8) is 0 Å². The second-order valence-electron chi connectivity index (χ2n) is 7.72. The van der Waals surface area contributed by atoms with E-state index in [1.807, 2.05) is 41.2 Å². The first-order valence-electron chi connectivity index (χ1n) is 10.8. The molecule has 0 aliphatic rings. The van der Waals surface area contributed by atoms with Crippen LogP contribution in [0.5, 0.6) is 11.5 Å². The lowest BCUT2D eigenvalue weighted by atomic mass is 10.1. The van der Waals surface area contributed by atoms with Gasteiger partial charge in [-0.2, -0.15) is 13.2 Å². The molecule has 178 valence electrons. The second kappa shape index (κ2) is 10.3. The predicted molar refractivity (Wildman–Crippen MR) is 128 cm³/mol. The van der Waals surface area contributed by atoms with Crippen LogP contribution < -0.4 is 9.47 Å². The van der Waals surface area contributed by atoms with E-state index in [0.29, 0.717) is 16.9 Å². The molecule has 0 unspecified atom stereocenters. The minimum atomic E-state index is -4.45. The number of ether oxygens (including phenoxy) is 2. The van der Waals surface area contributed by atoms with E-state index in [1.165, 1.54) is 25.3 Å². The summed E-state index contributed by atoms with van der Waals surface area (Å²) in [7, 11) is 1.50. The highest BCUT2D eigenvalue weighted by atomic mass is 19.4. The Balaban J connectivity index is 1.46. The smallest absolute Gasteiger partial charge is 0.416 e. The zero-order valence-corrected chi connectivity index (χ0v) is 18.8. The summed E-state index contributed by atoms with van der Waals surface area (Å²) >= 11 is 0. The number of alkyl halides is 3. The molecule has 1 aromatic heterocycles. The zero-order valence-electron chi connectivity index (χ0n) is 18.8. The SMILES string of the molecule is COc1ccc(/C=C/C(=O)c2ccc(-n3cccc3)cc2)cc1COc1cccc(C(F)(F)F)c1. The number of allylic oxidation sites excluding steroid dienone is 1. The minimum Gasteiger partial charge on any atom is -0.496 e. The predicted octanol–water partition coefficient (Wildman–Crippen LogP) is 6.98. The fraction of sp³-hybridized carbons (Fsp3) is 0.107. The fourth-order valence-corrected chi connectivity index (χ4v) is 3.51. The van der Waals surface area contributed by atoms with E-state index in [4.69, 9.17) is 9.47 Å². The second-order valence-corrected chi connectivity index (χ2v) is 7.72. The van der Waals surface area contributed by atoms with Gasteiger partial charge in [0.2, 0.25) is 0 Å². The molecule has 0 atom stereocenters. The van der Waals surface area contributed by atoms with Crippen molar-refractivity contribution in [1.82, 2.24) is 4.57 Å². The third kappa shape index (κ3) is 6.00. The Labute approximate surface area is 200 Å². The lowest BCUT2D eigenvalue weighted by molar-refractivity contribution is -0.137. The first-order valence-corrected chi connectivity index (χ1v) is 10.8. The highest BCUT2D eigenvalue weighted by Gasteiger charge is 2.30. The highest BCUT2D eigenvalue weighted by molar-refractivity contribution is 6.06. The summed E-state index contributed by atoms with van der Waals surface area (Å²) in [4.78, 5) is 12.6. The van der Waals surface area contributed by atoms with E-state index in [1.54, 1.807) is 36.4 Å². The van der Waals surface area contributed by atoms with Crippen LogP contribution in [0.3, 0.4) is 0 Å². The van der Waals surface area contributed by atoms with Crippen molar-refractivity contribution in [2.75, 3.05) is 7.11 Å². The van der Waals surface area contributed by atoms with Gasteiger partial charge in [-0.3, -0.25) is 4.79 Å². The number of carbonyl (C=O) groups excluding carboxylic acids is 1. The van der Waals surface area contributed by atoms with Gasteiger partial charge in [0.1, 0.15) is 18.1 Å². The normalized spacial score (nSPS) is 11.5. The van der Waals surface area contributed by atoms with E-state index < -0.39 is 11.7 Å². The molecule has 0 fully saturated rings. The van der Waals surface area contributed by atoms with Gasteiger partial charge in [0.25, 0.3) is 0 Å². The monoisotopic (exact) mass is 477 g/mol. The Morgan fingerprint density at radius 1 is 0.943 bits per heavy atom. The summed E-state index contributed by atoms with van der Waals surface area (Å²) in [5.74, 6) is 0.476. The van der Waals surface area contributed by atoms with Gasteiger partial charge in [0.05, 0.1) is 12.7 Å². The third-order valence-electron chi connectivity index (χ3n) is 5.34. The molecule has 4 rings (SSSR count). The molecule has 0 bridgehead atoms. The largest absolute Gasteiger partial charge is 0.496 e. The topological polar surface area (TPSA) is 40.5 Å². The van der Waals surface area contributed by atoms with Crippen molar-refractivity contribution >= 4 is 11.9 Å². The number of aromatic nitrogens is 1. The molecular formula is C28H22F3NO3. The van der Waals surface area contributed by atoms with E-state index >= 15 is 0 Å². The number of carbonyl (C=O) groups is 1. The molecule has 1 heterocycles. The number of hydrogen-bond donors (Lipinski definition) is 0. The van der Waals surface area contributed by atoms with Crippen molar-refractivity contribution in [2.24, 2.45) is 0 Å². The van der Waals surface area contributed by atoms with Crippen molar-refractivity contribution in [3.05, 3.63) is 120 Å². The molecule has 0 aliphatic carbocycles.